The van der Waals surface area contributed by atoms with E-state index in [1.807, 2.05) is 94.4 Å². The van der Waals surface area contributed by atoms with Gasteiger partial charge in [0.25, 0.3) is 5.91 Å². The summed E-state index contributed by atoms with van der Waals surface area (Å²) < 4.78 is 11.2. The van der Waals surface area contributed by atoms with E-state index in [0.717, 1.165) is 33.3 Å². The van der Waals surface area contributed by atoms with Crippen molar-refractivity contribution in [1.82, 2.24) is 10.2 Å². The Labute approximate surface area is 246 Å². The van der Waals surface area contributed by atoms with Crippen LogP contribution in [0.3, 0.4) is 0 Å². The van der Waals surface area contributed by atoms with Crippen molar-refractivity contribution in [3.05, 3.63) is 95.6 Å². The normalized spacial score (nSPS) is 13.6. The van der Waals surface area contributed by atoms with Crippen molar-refractivity contribution in [3.63, 3.8) is 0 Å². The molecule has 1 aliphatic rings. The lowest BCUT2D eigenvalue weighted by Crippen LogP contribution is -2.56. The maximum Gasteiger partial charge on any atom is 0.407 e. The molecular formula is C33H36N2O5S. The Balaban J connectivity index is 1.43. The summed E-state index contributed by atoms with van der Waals surface area (Å²) in [6.45, 7) is 7.45. The van der Waals surface area contributed by atoms with Gasteiger partial charge in [-0.3, -0.25) is 9.69 Å². The van der Waals surface area contributed by atoms with Crippen molar-refractivity contribution in [2.45, 2.75) is 52.3 Å². The lowest BCUT2D eigenvalue weighted by molar-refractivity contribution is -0.155. The van der Waals surface area contributed by atoms with Crippen LogP contribution in [0.15, 0.2) is 78.9 Å². The molecule has 2 atom stereocenters. The fraction of sp³-hybridized carbons (Fsp3) is 0.333. The topological polar surface area (TPSA) is 84.9 Å². The second kappa shape index (κ2) is 13.5. The summed E-state index contributed by atoms with van der Waals surface area (Å²) in [7, 11) is 0. The number of nitrogens with zero attached hydrogens (tertiary/aromatic N) is 1. The Hall–Kier alpha value is -4.04. The summed E-state index contributed by atoms with van der Waals surface area (Å²) in [6, 6.07) is 23.5. The molecule has 0 saturated carbocycles. The number of rotatable bonds is 11. The molecule has 0 aliphatic heterocycles. The fourth-order valence-corrected chi connectivity index (χ4v) is 5.45. The van der Waals surface area contributed by atoms with Crippen LogP contribution in [0.4, 0.5) is 4.79 Å². The van der Waals surface area contributed by atoms with Gasteiger partial charge in [-0.15, -0.1) is 0 Å². The van der Waals surface area contributed by atoms with Gasteiger partial charge in [0, 0.05) is 5.92 Å². The van der Waals surface area contributed by atoms with E-state index in [-0.39, 0.29) is 31.0 Å². The number of benzene rings is 3. The average molecular weight is 573 g/mol. The number of nitrogens with one attached hydrogen (secondary N) is 1. The van der Waals surface area contributed by atoms with Gasteiger partial charge in [0.15, 0.2) is 0 Å². The molecule has 214 valence electrons. The molecule has 8 heteroatoms. The number of carbonyl (C=O) groups is 3. The number of fused-ring (bicyclic) bond motifs is 3. The van der Waals surface area contributed by atoms with Crippen LogP contribution in [-0.4, -0.2) is 47.1 Å². The summed E-state index contributed by atoms with van der Waals surface area (Å²) in [4.78, 5) is 41.1. The van der Waals surface area contributed by atoms with E-state index in [0.29, 0.717) is 0 Å². The van der Waals surface area contributed by atoms with Crippen LogP contribution in [-0.2, 0) is 25.7 Å². The molecule has 4 rings (SSSR count). The average Bonchev–Trinajstić information content (AvgIpc) is 3.29. The van der Waals surface area contributed by atoms with Gasteiger partial charge in [0.2, 0.25) is 0 Å². The number of carbonyl (C=O) groups excluding carboxylic acids is 3. The zero-order valence-electron chi connectivity index (χ0n) is 23.8. The highest BCUT2D eigenvalue weighted by Crippen LogP contribution is 2.44. The minimum absolute atomic E-state index is 0.0773. The van der Waals surface area contributed by atoms with Gasteiger partial charge in [0.05, 0.1) is 5.49 Å². The molecular weight excluding hydrogens is 536 g/mol. The monoisotopic (exact) mass is 572 g/mol. The molecule has 1 N–H and O–H groups in total. The quantitative estimate of drug-likeness (QED) is 0.221. The summed E-state index contributed by atoms with van der Waals surface area (Å²) in [5.74, 6) is -1.76. The maximum absolute atomic E-state index is 13.7. The van der Waals surface area contributed by atoms with E-state index in [9.17, 15) is 14.4 Å². The number of amides is 2. The SMILES string of the molecule is CC(C)[C@H](NC(=O)OCC1c2ccccc2-c2ccccc21)C(=O)N(C=S)[C@H](C(=O)OCc1ccccc1)C(C)C. The molecule has 3 aromatic rings. The predicted molar refractivity (Wildman–Crippen MR) is 162 cm³/mol. The second-order valence-electron chi connectivity index (χ2n) is 10.8. The maximum atomic E-state index is 13.7. The Kier molecular flexibility index (Phi) is 9.89. The fourth-order valence-electron chi connectivity index (χ4n) is 5.22. The molecule has 0 fully saturated rings. The Morgan fingerprint density at radius 3 is 1.93 bits per heavy atom. The molecule has 0 unspecified atom stereocenters. The summed E-state index contributed by atoms with van der Waals surface area (Å²) >= 11 is 5.19. The van der Waals surface area contributed by atoms with Gasteiger partial charge in [0.1, 0.15) is 25.3 Å². The number of hydrogen-bond acceptors (Lipinski definition) is 6. The Morgan fingerprint density at radius 2 is 1.39 bits per heavy atom. The third-order valence-electron chi connectivity index (χ3n) is 7.31. The van der Waals surface area contributed by atoms with Gasteiger partial charge in [-0.1, -0.05) is 119 Å². The first kappa shape index (κ1) is 29.9. The van der Waals surface area contributed by atoms with Crippen molar-refractivity contribution >= 4 is 35.7 Å². The van der Waals surface area contributed by atoms with E-state index in [2.05, 4.69) is 17.4 Å². The van der Waals surface area contributed by atoms with Gasteiger partial charge in [-0.25, -0.2) is 9.59 Å². The zero-order valence-corrected chi connectivity index (χ0v) is 24.6. The number of ether oxygens (including phenoxy) is 2. The van der Waals surface area contributed by atoms with Crippen LogP contribution >= 0.6 is 12.2 Å². The summed E-state index contributed by atoms with van der Waals surface area (Å²) in [6.07, 6.45) is -0.712. The third-order valence-corrected chi connectivity index (χ3v) is 7.54. The van der Waals surface area contributed by atoms with E-state index in [4.69, 9.17) is 21.7 Å². The molecule has 0 radical (unpaired) electrons. The van der Waals surface area contributed by atoms with Crippen molar-refractivity contribution in [2.24, 2.45) is 11.8 Å². The highest BCUT2D eigenvalue weighted by molar-refractivity contribution is 7.78. The van der Waals surface area contributed by atoms with Crippen molar-refractivity contribution in [3.8, 4) is 11.1 Å². The van der Waals surface area contributed by atoms with Gasteiger partial charge in [-0.05, 0) is 39.7 Å². The molecule has 7 nitrogen and oxygen atoms in total. The molecule has 3 aromatic carbocycles. The number of alkyl carbamates (subject to hydrolysis) is 1. The van der Waals surface area contributed by atoms with E-state index < -0.39 is 30.1 Å². The first-order valence-corrected chi connectivity index (χ1v) is 14.3. The summed E-state index contributed by atoms with van der Waals surface area (Å²) in [5, 5.41) is 2.72. The minimum Gasteiger partial charge on any atom is -0.459 e. The van der Waals surface area contributed by atoms with Crippen LogP contribution in [0.5, 0.6) is 0 Å². The zero-order chi connectivity index (χ0) is 29.5. The van der Waals surface area contributed by atoms with Crippen molar-refractivity contribution in [1.29, 1.82) is 0 Å². The second-order valence-corrected chi connectivity index (χ2v) is 11.0. The molecule has 41 heavy (non-hydrogen) atoms. The Bertz CT molecular complexity index is 1350. The number of esters is 1. The van der Waals surface area contributed by atoms with Crippen LogP contribution in [0.1, 0.15) is 50.3 Å². The van der Waals surface area contributed by atoms with E-state index in [1.54, 1.807) is 0 Å². The highest BCUT2D eigenvalue weighted by Gasteiger charge is 2.38. The van der Waals surface area contributed by atoms with Crippen molar-refractivity contribution in [2.75, 3.05) is 6.61 Å². The van der Waals surface area contributed by atoms with Gasteiger partial charge in [-0.2, -0.15) is 0 Å². The summed E-state index contributed by atoms with van der Waals surface area (Å²) in [5.41, 5.74) is 6.44. The van der Waals surface area contributed by atoms with Gasteiger partial charge >= 0.3 is 12.1 Å². The van der Waals surface area contributed by atoms with Crippen LogP contribution in [0.25, 0.3) is 11.1 Å². The standard InChI is InChI=1S/C33H36N2O5S/c1-21(2)29(31(36)35(20-41)30(22(3)4)32(37)39-18-23-12-6-5-7-13-23)34-33(38)40-19-28-26-16-10-8-14-24(26)25-15-9-11-17-27(25)28/h5-17,20-22,28-30H,18-19H2,1-4H3,(H,34,38)/t29-,30-/m0/s1. The predicted octanol–water partition coefficient (Wildman–Crippen LogP) is 6.10. The largest absolute Gasteiger partial charge is 0.459 e. The molecule has 0 saturated heterocycles. The Morgan fingerprint density at radius 1 is 0.829 bits per heavy atom. The number of thiocarbonyl (C=S) groups is 1. The van der Waals surface area contributed by atoms with Crippen LogP contribution < -0.4 is 5.32 Å². The first-order valence-electron chi connectivity index (χ1n) is 13.8. The minimum atomic E-state index is -0.965. The van der Waals surface area contributed by atoms with Crippen LogP contribution in [0, 0.1) is 11.8 Å². The lowest BCUT2D eigenvalue weighted by atomic mass is 9.98. The smallest absolute Gasteiger partial charge is 0.407 e. The molecule has 1 aliphatic carbocycles. The molecule has 2 amide bonds. The molecule has 0 bridgehead atoms. The highest BCUT2D eigenvalue weighted by atomic mass is 32.1. The van der Waals surface area contributed by atoms with E-state index >= 15 is 0 Å². The molecule has 0 spiro atoms. The third kappa shape index (κ3) is 6.82. The molecule has 0 aromatic heterocycles. The number of hydrogen-bond donors (Lipinski definition) is 1. The van der Waals surface area contributed by atoms with Gasteiger partial charge < -0.3 is 14.8 Å². The van der Waals surface area contributed by atoms with Crippen molar-refractivity contribution < 1.29 is 23.9 Å². The first-order chi connectivity index (χ1) is 19.7. The van der Waals surface area contributed by atoms with E-state index in [1.165, 1.54) is 4.90 Å². The lowest BCUT2D eigenvalue weighted by Gasteiger charge is -2.33. The molecule has 0 heterocycles. The van der Waals surface area contributed by atoms with Crippen LogP contribution in [0.2, 0.25) is 0 Å².